The van der Waals surface area contributed by atoms with Crippen LogP contribution in [0.25, 0.3) is 0 Å². The summed E-state index contributed by atoms with van der Waals surface area (Å²) in [5, 5.41) is 2.29. The predicted molar refractivity (Wildman–Crippen MR) is 118 cm³/mol. The summed E-state index contributed by atoms with van der Waals surface area (Å²) < 4.78 is 0. The van der Waals surface area contributed by atoms with E-state index in [2.05, 4.69) is 26.9 Å². The number of guanidine groups is 1. The fraction of sp³-hybridized carbons (Fsp3) is 0.368. The van der Waals surface area contributed by atoms with Crippen molar-refractivity contribution < 1.29 is 4.79 Å². The molecule has 0 aromatic carbocycles. The number of nitrogens with zero attached hydrogens (tertiary/aromatic N) is 3. The van der Waals surface area contributed by atoms with Crippen LogP contribution in [0.5, 0.6) is 0 Å². The molecule has 28 heavy (non-hydrogen) atoms. The molecule has 0 aliphatic carbocycles. The van der Waals surface area contributed by atoms with Crippen molar-refractivity contribution in [2.75, 3.05) is 18.0 Å². The largest absolute Gasteiger partial charge is 0.382 e. The average molecular weight is 408 g/mol. The van der Waals surface area contributed by atoms with E-state index in [0.29, 0.717) is 6.54 Å². The van der Waals surface area contributed by atoms with Gasteiger partial charge < -0.3 is 17.2 Å². The first-order valence-electron chi connectivity index (χ1n) is 9.03. The molecule has 1 rings (SSSR count). The Balaban J connectivity index is 0.00000352. The van der Waals surface area contributed by atoms with Crippen LogP contribution in [0.1, 0.15) is 50.5 Å². The van der Waals surface area contributed by atoms with Crippen molar-refractivity contribution in [1.82, 2.24) is 15.3 Å². The summed E-state index contributed by atoms with van der Waals surface area (Å²) in [6.07, 6.45) is 10.4. The van der Waals surface area contributed by atoms with Crippen LogP contribution in [0.4, 0.5) is 11.6 Å². The molecule has 0 atom stereocenters. The van der Waals surface area contributed by atoms with Crippen LogP contribution in [0.3, 0.4) is 0 Å². The average Bonchev–Trinajstić information content (AvgIpc) is 2.66. The number of nitrogen functional groups attached to an aromatic ring is 2. The fourth-order valence-electron chi connectivity index (χ4n) is 2.05. The van der Waals surface area contributed by atoms with Crippen molar-refractivity contribution in [3.8, 4) is 0 Å². The van der Waals surface area contributed by atoms with Gasteiger partial charge in [0.1, 0.15) is 0 Å². The van der Waals surface area contributed by atoms with E-state index in [4.69, 9.17) is 28.8 Å². The molecule has 0 unspecified atom stereocenters. The first-order chi connectivity index (χ1) is 13.4. The van der Waals surface area contributed by atoms with Crippen molar-refractivity contribution in [2.24, 2.45) is 10.7 Å². The molecule has 1 heterocycles. The lowest BCUT2D eigenvalue weighted by atomic mass is 10.1. The Labute approximate surface area is 171 Å². The number of hydrogen-bond acceptors (Lipinski definition) is 6. The molecule has 9 heteroatoms. The van der Waals surface area contributed by atoms with Gasteiger partial charge in [-0.25, -0.2) is 9.97 Å². The second-order valence-corrected chi connectivity index (χ2v) is 5.65. The second kappa shape index (κ2) is 14.2. The summed E-state index contributed by atoms with van der Waals surface area (Å²) in [7, 11) is 0. The predicted octanol–water partition coefficient (Wildman–Crippen LogP) is 3.22. The lowest BCUT2D eigenvalue weighted by Gasteiger charge is -2.07. The number of halogens is 1. The zero-order valence-electron chi connectivity index (χ0n) is 16.7. The van der Waals surface area contributed by atoms with Gasteiger partial charge in [-0.3, -0.25) is 15.1 Å². The van der Waals surface area contributed by atoms with Crippen LogP contribution in [0, 0.1) is 0 Å². The quantitative estimate of drug-likeness (QED) is 0.225. The normalized spacial score (nSPS) is 11.7. The van der Waals surface area contributed by atoms with Gasteiger partial charge in [0.2, 0.25) is 0 Å². The highest BCUT2D eigenvalue weighted by Crippen LogP contribution is 2.17. The Morgan fingerprint density at radius 2 is 1.93 bits per heavy atom. The number of allylic oxidation sites excluding steroid dienone is 5. The van der Waals surface area contributed by atoms with Crippen LogP contribution in [-0.4, -0.2) is 28.4 Å². The summed E-state index contributed by atoms with van der Waals surface area (Å²) >= 11 is 5.74. The van der Waals surface area contributed by atoms with Gasteiger partial charge in [-0.2, -0.15) is 0 Å². The zero-order valence-corrected chi connectivity index (χ0v) is 17.5. The molecule has 0 aliphatic rings. The molecule has 0 aliphatic heterocycles. The number of hydrogen-bond donors (Lipinski definition) is 4. The Morgan fingerprint density at radius 3 is 2.54 bits per heavy atom. The molecule has 0 fully saturated rings. The van der Waals surface area contributed by atoms with Gasteiger partial charge in [0.15, 0.2) is 28.4 Å². The number of carbonyl (C=O) groups excluding carboxylic acids is 1. The van der Waals surface area contributed by atoms with Crippen molar-refractivity contribution in [2.45, 2.75) is 40.0 Å². The standard InChI is InChI=1S/C17H24ClN7O.C2H6/c1-3-7-11(8-4-2)9-5-6-10-22-17(21)25-16(26)12-14(19)24-15(20)13(18)23-12;1-2/h3-4,7-8H,1,5-6,9-10H2,2H3,(H4,19,20,24)(H3,21,22,25,26);1-2H3/b8-4-,11-7+;. The summed E-state index contributed by atoms with van der Waals surface area (Å²) in [4.78, 5) is 23.7. The molecule has 1 amide bonds. The number of aromatic nitrogens is 2. The maximum absolute atomic E-state index is 12.1. The van der Waals surface area contributed by atoms with E-state index >= 15 is 0 Å². The summed E-state index contributed by atoms with van der Waals surface area (Å²) in [6.45, 7) is 10.1. The third-order valence-corrected chi connectivity index (χ3v) is 3.51. The Bertz CT molecular complexity index is 742. The zero-order chi connectivity index (χ0) is 21.5. The molecule has 154 valence electrons. The lowest BCUT2D eigenvalue weighted by Crippen LogP contribution is -2.38. The van der Waals surface area contributed by atoms with E-state index < -0.39 is 5.91 Å². The minimum Gasteiger partial charge on any atom is -0.382 e. The van der Waals surface area contributed by atoms with Crippen LogP contribution in [0.15, 0.2) is 41.4 Å². The summed E-state index contributed by atoms with van der Waals surface area (Å²) in [5.74, 6) is -0.866. The van der Waals surface area contributed by atoms with Crippen LogP contribution >= 0.6 is 11.6 Å². The summed E-state index contributed by atoms with van der Waals surface area (Å²) in [6, 6.07) is 0. The molecule has 0 saturated heterocycles. The van der Waals surface area contributed by atoms with Crippen LogP contribution in [0.2, 0.25) is 5.15 Å². The van der Waals surface area contributed by atoms with E-state index in [1.807, 2.05) is 39.0 Å². The van der Waals surface area contributed by atoms with Gasteiger partial charge in [0, 0.05) is 6.54 Å². The molecule has 7 N–H and O–H groups in total. The van der Waals surface area contributed by atoms with Gasteiger partial charge in [-0.15, -0.1) is 0 Å². The minimum atomic E-state index is -0.651. The van der Waals surface area contributed by atoms with E-state index in [1.54, 1.807) is 6.08 Å². The molecule has 0 spiro atoms. The number of nitrogens with two attached hydrogens (primary N) is 3. The molecule has 8 nitrogen and oxygen atoms in total. The molecule has 1 aromatic rings. The number of unbranched alkanes of at least 4 members (excludes halogenated alkanes) is 1. The Kier molecular flexibility index (Phi) is 12.8. The Hall–Kier alpha value is -2.87. The third-order valence-electron chi connectivity index (χ3n) is 3.23. The third kappa shape index (κ3) is 9.18. The highest BCUT2D eigenvalue weighted by molar-refractivity contribution is 6.31. The van der Waals surface area contributed by atoms with Crippen LogP contribution < -0.4 is 22.5 Å². The SMILES string of the molecule is C=C/C=C(\C=C/C)CCCCN=C(N)NC(=O)c1nc(Cl)c(N)nc1N.CC. The monoisotopic (exact) mass is 407 g/mol. The molecular formula is C19H30ClN7O. The number of carbonyl (C=O) groups is 1. The fourth-order valence-corrected chi connectivity index (χ4v) is 2.18. The molecule has 1 aromatic heterocycles. The lowest BCUT2D eigenvalue weighted by molar-refractivity contribution is 0.0972. The van der Waals surface area contributed by atoms with Gasteiger partial charge in [-0.1, -0.05) is 56.3 Å². The first kappa shape index (κ1) is 25.1. The van der Waals surface area contributed by atoms with E-state index in [-0.39, 0.29) is 28.4 Å². The number of rotatable bonds is 8. The van der Waals surface area contributed by atoms with E-state index in [1.165, 1.54) is 5.57 Å². The van der Waals surface area contributed by atoms with Gasteiger partial charge in [-0.05, 0) is 31.8 Å². The second-order valence-electron chi connectivity index (χ2n) is 5.29. The molecule has 0 bridgehead atoms. The van der Waals surface area contributed by atoms with Crippen LogP contribution in [-0.2, 0) is 0 Å². The molecular weight excluding hydrogens is 378 g/mol. The van der Waals surface area contributed by atoms with Crippen molar-refractivity contribution in [1.29, 1.82) is 0 Å². The van der Waals surface area contributed by atoms with Crippen molar-refractivity contribution in [3.63, 3.8) is 0 Å². The number of nitrogens with one attached hydrogen (secondary N) is 1. The highest BCUT2D eigenvalue weighted by atomic mass is 35.5. The topological polar surface area (TPSA) is 145 Å². The highest BCUT2D eigenvalue weighted by Gasteiger charge is 2.16. The van der Waals surface area contributed by atoms with Crippen molar-refractivity contribution >= 4 is 35.1 Å². The maximum atomic E-state index is 12.1. The smallest absolute Gasteiger partial charge is 0.280 e. The maximum Gasteiger partial charge on any atom is 0.280 e. The number of aliphatic imine (C=N–C) groups is 1. The number of amides is 1. The van der Waals surface area contributed by atoms with Gasteiger partial charge >= 0.3 is 0 Å². The molecule has 0 radical (unpaired) electrons. The minimum absolute atomic E-state index is 0.0283. The summed E-state index contributed by atoms with van der Waals surface area (Å²) in [5.41, 5.74) is 17.8. The van der Waals surface area contributed by atoms with E-state index in [0.717, 1.165) is 19.3 Å². The Morgan fingerprint density at radius 1 is 1.25 bits per heavy atom. The molecule has 0 saturated carbocycles. The van der Waals surface area contributed by atoms with Gasteiger partial charge in [0.05, 0.1) is 0 Å². The van der Waals surface area contributed by atoms with E-state index in [9.17, 15) is 4.79 Å². The van der Waals surface area contributed by atoms with Crippen molar-refractivity contribution in [3.05, 3.63) is 47.3 Å². The number of anilines is 2. The first-order valence-corrected chi connectivity index (χ1v) is 9.40. The van der Waals surface area contributed by atoms with Gasteiger partial charge in [0.25, 0.3) is 5.91 Å².